The molecule has 166 valence electrons. The van der Waals surface area contributed by atoms with Gasteiger partial charge in [-0.05, 0) is 53.5 Å². The largest absolute Gasteiger partial charge is 0.507 e. The van der Waals surface area contributed by atoms with Crippen molar-refractivity contribution < 1.29 is 14.9 Å². The van der Waals surface area contributed by atoms with Crippen molar-refractivity contribution in [3.8, 4) is 5.75 Å². The van der Waals surface area contributed by atoms with Crippen LogP contribution >= 0.6 is 11.3 Å². The summed E-state index contributed by atoms with van der Waals surface area (Å²) in [6.07, 6.45) is 1.39. The molecule has 1 aromatic heterocycles. The highest BCUT2D eigenvalue weighted by Gasteiger charge is 2.33. The second-order valence-corrected chi connectivity index (χ2v) is 10.6. The molecule has 0 radical (unpaired) electrons. The van der Waals surface area contributed by atoms with Crippen LogP contribution in [-0.2, 0) is 5.41 Å². The van der Waals surface area contributed by atoms with Gasteiger partial charge >= 0.3 is 0 Å². The van der Waals surface area contributed by atoms with Crippen molar-refractivity contribution in [3.05, 3.63) is 57.8 Å². The Hall–Kier alpha value is -1.78. The van der Waals surface area contributed by atoms with Crippen LogP contribution in [0.15, 0.2) is 36.9 Å². The zero-order valence-corrected chi connectivity index (χ0v) is 20.4. The molecule has 2 N–H and O–H groups in total. The van der Waals surface area contributed by atoms with E-state index < -0.39 is 6.10 Å². The normalized spacial score (nSPS) is 13.5. The van der Waals surface area contributed by atoms with Gasteiger partial charge in [-0.3, -0.25) is 0 Å². The maximum atomic E-state index is 10.4. The van der Waals surface area contributed by atoms with E-state index in [0.29, 0.717) is 5.92 Å². The minimum absolute atomic E-state index is 0.120. The van der Waals surface area contributed by atoms with E-state index in [0.717, 1.165) is 29.0 Å². The molecule has 0 spiro atoms. The molecule has 30 heavy (non-hydrogen) atoms. The summed E-state index contributed by atoms with van der Waals surface area (Å²) in [5.74, 6) is 1.26. The number of hydrogen-bond donors (Lipinski definition) is 2. The SMILES string of the molecule is C=C(O)c1ccc(C(CC)(CC)c2ccc(OCC(O)C(C)(C)C)c(C(C)C)c2)s1. The van der Waals surface area contributed by atoms with Gasteiger partial charge in [0, 0.05) is 10.3 Å². The summed E-state index contributed by atoms with van der Waals surface area (Å²) in [4.78, 5) is 2.06. The Morgan fingerprint density at radius 1 is 1.10 bits per heavy atom. The average Bonchev–Trinajstić information content (AvgIpc) is 3.18. The minimum Gasteiger partial charge on any atom is -0.507 e. The van der Waals surface area contributed by atoms with Crippen molar-refractivity contribution >= 4 is 17.1 Å². The van der Waals surface area contributed by atoms with E-state index >= 15 is 0 Å². The monoisotopic (exact) mass is 430 g/mol. The van der Waals surface area contributed by atoms with Crippen LogP contribution in [0.3, 0.4) is 0 Å². The quantitative estimate of drug-likeness (QED) is 0.411. The summed E-state index contributed by atoms with van der Waals surface area (Å²) in [5, 5.41) is 20.2. The summed E-state index contributed by atoms with van der Waals surface area (Å²) >= 11 is 1.61. The smallest absolute Gasteiger partial charge is 0.125 e. The van der Waals surface area contributed by atoms with E-state index in [1.807, 2.05) is 26.8 Å². The molecule has 1 atom stereocenters. The van der Waals surface area contributed by atoms with E-state index in [1.165, 1.54) is 10.4 Å². The Morgan fingerprint density at radius 3 is 2.20 bits per heavy atom. The van der Waals surface area contributed by atoms with Crippen molar-refractivity contribution in [2.75, 3.05) is 6.61 Å². The van der Waals surface area contributed by atoms with E-state index in [1.54, 1.807) is 11.3 Å². The van der Waals surface area contributed by atoms with Crippen LogP contribution in [0.2, 0.25) is 0 Å². The number of rotatable bonds is 9. The maximum absolute atomic E-state index is 10.4. The summed E-state index contributed by atoms with van der Waals surface area (Å²) in [6, 6.07) is 10.6. The average molecular weight is 431 g/mol. The molecule has 2 rings (SSSR count). The molecule has 0 saturated carbocycles. The lowest BCUT2D eigenvalue weighted by Gasteiger charge is -2.33. The fourth-order valence-electron chi connectivity index (χ4n) is 3.75. The van der Waals surface area contributed by atoms with E-state index in [4.69, 9.17) is 4.74 Å². The molecule has 3 nitrogen and oxygen atoms in total. The van der Waals surface area contributed by atoms with Gasteiger partial charge in [-0.25, -0.2) is 0 Å². The fourth-order valence-corrected chi connectivity index (χ4v) is 4.98. The van der Waals surface area contributed by atoms with E-state index in [-0.39, 0.29) is 23.2 Å². The van der Waals surface area contributed by atoms with E-state index in [9.17, 15) is 10.2 Å². The molecule has 0 aliphatic heterocycles. The zero-order valence-electron chi connectivity index (χ0n) is 19.6. The lowest BCUT2D eigenvalue weighted by atomic mass is 9.73. The van der Waals surface area contributed by atoms with Crippen LogP contribution in [-0.4, -0.2) is 22.9 Å². The Morgan fingerprint density at radius 2 is 1.73 bits per heavy atom. The molecule has 1 aromatic carbocycles. The first kappa shape index (κ1) is 24.5. The third kappa shape index (κ3) is 5.09. The number of aliphatic hydroxyl groups is 2. The molecule has 2 aromatic rings. The first-order chi connectivity index (χ1) is 14.0. The summed E-state index contributed by atoms with van der Waals surface area (Å²) in [7, 11) is 0. The van der Waals surface area contributed by atoms with Gasteiger partial charge in [-0.2, -0.15) is 0 Å². The van der Waals surface area contributed by atoms with Crippen LogP contribution in [0.5, 0.6) is 5.75 Å². The Labute approximate surface area is 186 Å². The highest BCUT2D eigenvalue weighted by molar-refractivity contribution is 7.13. The molecular formula is C26H38O3S. The van der Waals surface area contributed by atoms with Crippen molar-refractivity contribution in [2.45, 2.75) is 78.7 Å². The second-order valence-electron chi connectivity index (χ2n) is 9.50. The van der Waals surface area contributed by atoms with Gasteiger partial charge < -0.3 is 14.9 Å². The fraction of sp³-hybridized carbons (Fsp3) is 0.538. The molecular weight excluding hydrogens is 392 g/mol. The number of benzene rings is 1. The molecule has 0 amide bonds. The maximum Gasteiger partial charge on any atom is 0.125 e. The van der Waals surface area contributed by atoms with Gasteiger partial charge in [-0.1, -0.05) is 67.2 Å². The van der Waals surface area contributed by atoms with Gasteiger partial charge in [0.2, 0.25) is 0 Å². The Kier molecular flexibility index (Phi) is 7.81. The molecule has 0 aliphatic rings. The van der Waals surface area contributed by atoms with Crippen molar-refractivity contribution in [1.29, 1.82) is 0 Å². The molecule has 0 bridgehead atoms. The Bertz CT molecular complexity index is 853. The predicted molar refractivity (Wildman–Crippen MR) is 129 cm³/mol. The topological polar surface area (TPSA) is 49.7 Å². The predicted octanol–water partition coefficient (Wildman–Crippen LogP) is 7.29. The first-order valence-electron chi connectivity index (χ1n) is 10.9. The molecule has 0 aliphatic carbocycles. The first-order valence-corrected chi connectivity index (χ1v) is 11.7. The van der Waals surface area contributed by atoms with Gasteiger partial charge in [0.15, 0.2) is 0 Å². The van der Waals surface area contributed by atoms with Crippen molar-refractivity contribution in [1.82, 2.24) is 0 Å². The molecule has 4 heteroatoms. The van der Waals surface area contributed by atoms with Crippen LogP contribution in [0, 0.1) is 5.41 Å². The van der Waals surface area contributed by atoms with Gasteiger partial charge in [0.05, 0.1) is 11.0 Å². The lowest BCUT2D eigenvalue weighted by molar-refractivity contribution is 0.0215. The Balaban J connectivity index is 2.46. The van der Waals surface area contributed by atoms with Crippen molar-refractivity contribution in [3.63, 3.8) is 0 Å². The zero-order chi connectivity index (χ0) is 22.7. The summed E-state index contributed by atoms with van der Waals surface area (Å²) in [6.45, 7) is 18.8. The summed E-state index contributed by atoms with van der Waals surface area (Å²) < 4.78 is 6.07. The molecule has 1 unspecified atom stereocenters. The highest BCUT2D eigenvalue weighted by atomic mass is 32.1. The molecule has 0 fully saturated rings. The van der Waals surface area contributed by atoms with Gasteiger partial charge in [0.25, 0.3) is 0 Å². The second kappa shape index (κ2) is 9.57. The van der Waals surface area contributed by atoms with Crippen LogP contribution in [0.1, 0.15) is 88.1 Å². The van der Waals surface area contributed by atoms with Gasteiger partial charge in [0.1, 0.15) is 18.1 Å². The number of thiophene rings is 1. The van der Waals surface area contributed by atoms with Gasteiger partial charge in [-0.15, -0.1) is 11.3 Å². The molecule has 1 heterocycles. The summed E-state index contributed by atoms with van der Waals surface area (Å²) in [5.41, 5.74) is 2.08. The standard InChI is InChI=1S/C26H38O3S/c1-9-26(10-2,24-14-13-22(30-24)18(5)27)19-11-12-21(20(15-19)17(3)4)29-16-23(28)25(6,7)8/h11-15,17,23,27-28H,5,9-10,16H2,1-4,6-8H3. The third-order valence-electron chi connectivity index (χ3n) is 6.15. The van der Waals surface area contributed by atoms with Crippen LogP contribution in [0.25, 0.3) is 5.76 Å². The van der Waals surface area contributed by atoms with Crippen LogP contribution < -0.4 is 4.74 Å². The highest BCUT2D eigenvalue weighted by Crippen LogP contribution is 2.44. The van der Waals surface area contributed by atoms with Crippen LogP contribution in [0.4, 0.5) is 0 Å². The lowest BCUT2D eigenvalue weighted by Crippen LogP contribution is -2.32. The number of ether oxygens (including phenoxy) is 1. The third-order valence-corrected chi connectivity index (χ3v) is 7.49. The number of aliphatic hydroxyl groups excluding tert-OH is 2. The van der Waals surface area contributed by atoms with E-state index in [2.05, 4.69) is 58.5 Å². The number of hydrogen-bond acceptors (Lipinski definition) is 4. The minimum atomic E-state index is -0.529. The van der Waals surface area contributed by atoms with Crippen molar-refractivity contribution in [2.24, 2.45) is 5.41 Å². The molecule has 0 saturated heterocycles.